The van der Waals surface area contributed by atoms with E-state index < -0.39 is 0 Å². The second-order valence-electron chi connectivity index (χ2n) is 4.95. The van der Waals surface area contributed by atoms with Crippen LogP contribution < -0.4 is 5.32 Å². The zero-order valence-corrected chi connectivity index (χ0v) is 13.0. The summed E-state index contributed by atoms with van der Waals surface area (Å²) in [5, 5.41) is 7.65. The normalized spacial score (nSPS) is 10.5. The summed E-state index contributed by atoms with van der Waals surface area (Å²) in [4.78, 5) is 15.9. The largest absolute Gasteiger partial charge is 0.465 e. The Labute approximate surface area is 124 Å². The number of nitrogens with zero attached hydrogens (tertiary/aromatic N) is 3. The van der Waals surface area contributed by atoms with Gasteiger partial charge in [0, 0.05) is 24.8 Å². The summed E-state index contributed by atoms with van der Waals surface area (Å²) in [6.07, 6.45) is 0. The summed E-state index contributed by atoms with van der Waals surface area (Å²) in [6, 6.07) is 3.50. The van der Waals surface area contributed by atoms with Crippen molar-refractivity contribution in [1.29, 1.82) is 0 Å². The fourth-order valence-corrected chi connectivity index (χ4v) is 2.24. The lowest BCUT2D eigenvalue weighted by molar-refractivity contribution is 0.0599. The van der Waals surface area contributed by atoms with Gasteiger partial charge >= 0.3 is 5.97 Å². The first-order chi connectivity index (χ1) is 9.93. The fourth-order valence-electron chi connectivity index (χ4n) is 2.24. The molecule has 1 N–H and O–H groups in total. The first-order valence-electron chi connectivity index (χ1n) is 6.73. The lowest BCUT2D eigenvalue weighted by atomic mass is 10.2. The van der Waals surface area contributed by atoms with Crippen LogP contribution in [0.5, 0.6) is 0 Å². The predicted molar refractivity (Wildman–Crippen MR) is 80.3 cm³/mol. The molecule has 0 saturated heterocycles. The van der Waals surface area contributed by atoms with Gasteiger partial charge in [-0.25, -0.2) is 9.78 Å². The molecule has 0 aliphatic rings. The minimum absolute atomic E-state index is 0.370. The van der Waals surface area contributed by atoms with Gasteiger partial charge < -0.3 is 10.1 Å². The van der Waals surface area contributed by atoms with Crippen molar-refractivity contribution in [3.8, 4) is 0 Å². The van der Waals surface area contributed by atoms with Crippen LogP contribution in [0.3, 0.4) is 0 Å². The Balaban J connectivity index is 2.14. The minimum atomic E-state index is -0.370. The molecule has 0 fully saturated rings. The predicted octanol–water partition coefficient (Wildman–Crippen LogP) is 2.14. The number of carbonyl (C=O) groups excluding carboxylic acids is 1. The van der Waals surface area contributed by atoms with Crippen molar-refractivity contribution in [3.63, 3.8) is 0 Å². The summed E-state index contributed by atoms with van der Waals surface area (Å²) in [7, 11) is 3.29. The van der Waals surface area contributed by atoms with Crippen molar-refractivity contribution < 1.29 is 9.53 Å². The maximum atomic E-state index is 11.5. The van der Waals surface area contributed by atoms with E-state index in [0.29, 0.717) is 17.8 Å². The number of methoxy groups -OCH3 is 1. The van der Waals surface area contributed by atoms with Gasteiger partial charge in [0.05, 0.1) is 24.1 Å². The maximum absolute atomic E-state index is 11.5. The molecule has 0 unspecified atom stereocenters. The van der Waals surface area contributed by atoms with E-state index in [0.717, 1.165) is 22.8 Å². The van der Waals surface area contributed by atoms with Crippen molar-refractivity contribution in [3.05, 3.63) is 40.3 Å². The van der Waals surface area contributed by atoms with Crippen molar-refractivity contribution >= 4 is 11.8 Å². The number of hydrogen-bond acceptors (Lipinski definition) is 5. The van der Waals surface area contributed by atoms with E-state index in [1.54, 1.807) is 19.1 Å². The molecule has 0 amide bonds. The van der Waals surface area contributed by atoms with Crippen molar-refractivity contribution in [1.82, 2.24) is 14.8 Å². The molecule has 2 heterocycles. The van der Waals surface area contributed by atoms with Crippen molar-refractivity contribution in [2.24, 2.45) is 7.05 Å². The smallest absolute Gasteiger partial charge is 0.339 e. The van der Waals surface area contributed by atoms with E-state index in [2.05, 4.69) is 15.4 Å². The third-order valence-electron chi connectivity index (χ3n) is 3.60. The number of pyridine rings is 1. The van der Waals surface area contributed by atoms with Crippen LogP contribution >= 0.6 is 0 Å². The van der Waals surface area contributed by atoms with Crippen molar-refractivity contribution in [2.45, 2.75) is 27.3 Å². The molecule has 112 valence electrons. The molecule has 0 aliphatic heterocycles. The number of ether oxygens (including phenoxy) is 1. The van der Waals surface area contributed by atoms with Gasteiger partial charge in [0.25, 0.3) is 0 Å². The zero-order chi connectivity index (χ0) is 15.6. The van der Waals surface area contributed by atoms with Crippen LogP contribution in [0.1, 0.15) is 33.0 Å². The van der Waals surface area contributed by atoms with Crippen LogP contribution in [-0.2, 0) is 18.3 Å². The minimum Gasteiger partial charge on any atom is -0.465 e. The molecular formula is C15H20N4O2. The van der Waals surface area contributed by atoms with Crippen LogP contribution in [0, 0.1) is 20.8 Å². The molecule has 0 spiro atoms. The molecule has 2 rings (SSSR count). The average Bonchev–Trinajstić information content (AvgIpc) is 2.69. The molecule has 6 nitrogen and oxygen atoms in total. The topological polar surface area (TPSA) is 69.0 Å². The molecule has 0 aromatic carbocycles. The van der Waals surface area contributed by atoms with Crippen LogP contribution in [0.25, 0.3) is 0 Å². The van der Waals surface area contributed by atoms with Gasteiger partial charge in [0.1, 0.15) is 5.82 Å². The molecule has 0 atom stereocenters. The molecular weight excluding hydrogens is 268 g/mol. The summed E-state index contributed by atoms with van der Waals surface area (Å²) in [6.45, 7) is 6.46. The number of anilines is 1. The number of aromatic nitrogens is 3. The Morgan fingerprint density at radius 2 is 2.00 bits per heavy atom. The summed E-state index contributed by atoms with van der Waals surface area (Å²) in [5.41, 5.74) is 4.42. The van der Waals surface area contributed by atoms with Gasteiger partial charge in [-0.15, -0.1) is 0 Å². The van der Waals surface area contributed by atoms with Gasteiger partial charge in [0.2, 0.25) is 0 Å². The molecule has 6 heteroatoms. The standard InChI is InChI=1S/C15H20N4O2/c1-9-12(15(20)21-5)6-7-14(17-9)16-8-13-10(2)18-19(4)11(13)3/h6-7H,8H2,1-5H3,(H,16,17). The molecule has 0 saturated carbocycles. The Bertz CT molecular complexity index is 677. The Kier molecular flexibility index (Phi) is 4.26. The number of rotatable bonds is 4. The Morgan fingerprint density at radius 3 is 2.52 bits per heavy atom. The first-order valence-corrected chi connectivity index (χ1v) is 6.73. The summed E-state index contributed by atoms with van der Waals surface area (Å²) < 4.78 is 6.58. The summed E-state index contributed by atoms with van der Waals surface area (Å²) in [5.74, 6) is 0.355. The van der Waals surface area contributed by atoms with Crippen LogP contribution in [0.4, 0.5) is 5.82 Å². The number of nitrogens with one attached hydrogen (secondary N) is 1. The van der Waals surface area contributed by atoms with E-state index >= 15 is 0 Å². The number of carbonyl (C=O) groups is 1. The first kappa shape index (κ1) is 15.0. The van der Waals surface area contributed by atoms with Gasteiger partial charge in [-0.2, -0.15) is 5.10 Å². The lowest BCUT2D eigenvalue weighted by Gasteiger charge is -2.09. The van der Waals surface area contributed by atoms with E-state index in [9.17, 15) is 4.79 Å². The zero-order valence-electron chi connectivity index (χ0n) is 13.0. The monoisotopic (exact) mass is 288 g/mol. The van der Waals surface area contributed by atoms with E-state index in [-0.39, 0.29) is 5.97 Å². The molecule has 0 bridgehead atoms. The molecule has 0 aliphatic carbocycles. The third-order valence-corrected chi connectivity index (χ3v) is 3.60. The summed E-state index contributed by atoms with van der Waals surface area (Å²) >= 11 is 0. The average molecular weight is 288 g/mol. The van der Waals surface area contributed by atoms with E-state index in [1.165, 1.54) is 7.11 Å². The van der Waals surface area contributed by atoms with Crippen molar-refractivity contribution in [2.75, 3.05) is 12.4 Å². The molecule has 2 aromatic rings. The van der Waals surface area contributed by atoms with Gasteiger partial charge in [-0.1, -0.05) is 0 Å². The van der Waals surface area contributed by atoms with Gasteiger partial charge in [-0.05, 0) is 32.9 Å². The van der Waals surface area contributed by atoms with Crippen LogP contribution in [0.2, 0.25) is 0 Å². The van der Waals surface area contributed by atoms with Crippen LogP contribution in [0.15, 0.2) is 12.1 Å². The number of aryl methyl sites for hydroxylation is 3. The second-order valence-corrected chi connectivity index (χ2v) is 4.95. The van der Waals surface area contributed by atoms with Crippen LogP contribution in [-0.4, -0.2) is 27.8 Å². The number of esters is 1. The van der Waals surface area contributed by atoms with E-state index in [1.807, 2.05) is 25.6 Å². The van der Waals surface area contributed by atoms with E-state index in [4.69, 9.17) is 4.74 Å². The lowest BCUT2D eigenvalue weighted by Crippen LogP contribution is -2.08. The quantitative estimate of drug-likeness (QED) is 0.873. The second kappa shape index (κ2) is 5.95. The highest BCUT2D eigenvalue weighted by atomic mass is 16.5. The molecule has 21 heavy (non-hydrogen) atoms. The number of hydrogen-bond donors (Lipinski definition) is 1. The highest BCUT2D eigenvalue weighted by Gasteiger charge is 2.12. The SMILES string of the molecule is COC(=O)c1ccc(NCc2c(C)nn(C)c2C)nc1C. The molecule has 2 aromatic heterocycles. The highest BCUT2D eigenvalue weighted by molar-refractivity contribution is 5.90. The fraction of sp³-hybridized carbons (Fsp3) is 0.400. The third kappa shape index (κ3) is 3.04. The molecule has 0 radical (unpaired) electrons. The van der Waals surface area contributed by atoms with Gasteiger partial charge in [0.15, 0.2) is 0 Å². The highest BCUT2D eigenvalue weighted by Crippen LogP contribution is 2.16. The Morgan fingerprint density at radius 1 is 1.29 bits per heavy atom. The van der Waals surface area contributed by atoms with Gasteiger partial charge in [-0.3, -0.25) is 4.68 Å². The Hall–Kier alpha value is -2.37. The maximum Gasteiger partial charge on any atom is 0.339 e.